The molecule has 1 atom stereocenters. The Morgan fingerprint density at radius 1 is 1.44 bits per heavy atom. The second-order valence-electron chi connectivity index (χ2n) is 3.99. The maximum absolute atomic E-state index is 5.69. The third kappa shape index (κ3) is 1.71. The molecule has 1 heterocycles. The summed E-state index contributed by atoms with van der Waals surface area (Å²) in [6.07, 6.45) is 0.948. The summed E-state index contributed by atoms with van der Waals surface area (Å²) in [7, 11) is 1.67. The van der Waals surface area contributed by atoms with Crippen molar-refractivity contribution in [1.29, 1.82) is 0 Å². The first-order valence-corrected chi connectivity index (χ1v) is 5.43. The zero-order chi connectivity index (χ0) is 11.6. The van der Waals surface area contributed by atoms with Gasteiger partial charge in [-0.2, -0.15) is 0 Å². The van der Waals surface area contributed by atoms with E-state index in [0.29, 0.717) is 12.5 Å². The van der Waals surface area contributed by atoms with Crippen molar-refractivity contribution in [3.63, 3.8) is 0 Å². The van der Waals surface area contributed by atoms with Gasteiger partial charge in [0.1, 0.15) is 5.75 Å². The molecule has 1 aromatic carbocycles. The Balaban J connectivity index is 2.27. The summed E-state index contributed by atoms with van der Waals surface area (Å²) in [6, 6.07) is 8.04. The van der Waals surface area contributed by atoms with Crippen molar-refractivity contribution < 1.29 is 4.74 Å². The van der Waals surface area contributed by atoms with Crippen molar-refractivity contribution >= 4 is 5.96 Å². The summed E-state index contributed by atoms with van der Waals surface area (Å²) in [5.74, 6) is 1.39. The van der Waals surface area contributed by atoms with Gasteiger partial charge in [-0.25, -0.2) is 0 Å². The van der Waals surface area contributed by atoms with Crippen molar-refractivity contribution in [2.75, 3.05) is 13.7 Å². The fourth-order valence-electron chi connectivity index (χ4n) is 2.02. The van der Waals surface area contributed by atoms with Crippen molar-refractivity contribution in [2.45, 2.75) is 18.9 Å². The molecule has 16 heavy (non-hydrogen) atoms. The van der Waals surface area contributed by atoms with Crippen molar-refractivity contribution in [2.24, 2.45) is 10.7 Å². The van der Waals surface area contributed by atoms with Crippen LogP contribution in [0.15, 0.2) is 29.3 Å². The third-order valence-corrected chi connectivity index (χ3v) is 3.13. The third-order valence-electron chi connectivity index (χ3n) is 3.13. The molecule has 86 valence electrons. The van der Waals surface area contributed by atoms with Crippen LogP contribution in [0.25, 0.3) is 0 Å². The van der Waals surface area contributed by atoms with Crippen LogP contribution in [-0.4, -0.2) is 19.6 Å². The van der Waals surface area contributed by atoms with Gasteiger partial charge in [-0.05, 0) is 24.1 Å². The minimum Gasteiger partial charge on any atom is -0.497 e. The lowest BCUT2D eigenvalue weighted by atomic mass is 9.88. The SMILES string of the molecule is CCC1(c2ccc(OC)cc2)CN=C(N)N1. The summed E-state index contributed by atoms with van der Waals surface area (Å²) in [5.41, 5.74) is 6.75. The summed E-state index contributed by atoms with van der Waals surface area (Å²) in [4.78, 5) is 4.23. The number of nitrogens with zero attached hydrogens (tertiary/aromatic N) is 1. The first-order valence-electron chi connectivity index (χ1n) is 5.43. The van der Waals surface area contributed by atoms with Crippen LogP contribution in [0.1, 0.15) is 18.9 Å². The van der Waals surface area contributed by atoms with Gasteiger partial charge in [-0.3, -0.25) is 4.99 Å². The molecule has 3 N–H and O–H groups in total. The van der Waals surface area contributed by atoms with Crippen LogP contribution < -0.4 is 15.8 Å². The van der Waals surface area contributed by atoms with Crippen molar-refractivity contribution in [3.05, 3.63) is 29.8 Å². The first-order chi connectivity index (χ1) is 7.70. The van der Waals surface area contributed by atoms with E-state index in [-0.39, 0.29) is 5.54 Å². The molecule has 0 saturated heterocycles. The molecule has 2 rings (SSSR count). The van der Waals surface area contributed by atoms with E-state index in [1.165, 1.54) is 5.56 Å². The topological polar surface area (TPSA) is 59.6 Å². The highest BCUT2D eigenvalue weighted by Gasteiger charge is 2.34. The Kier molecular flexibility index (Phi) is 2.73. The molecule has 1 unspecified atom stereocenters. The molecule has 0 saturated carbocycles. The maximum atomic E-state index is 5.69. The summed E-state index contributed by atoms with van der Waals surface area (Å²) in [6.45, 7) is 2.83. The number of nitrogens with one attached hydrogen (secondary N) is 1. The molecule has 0 amide bonds. The van der Waals surface area contributed by atoms with Gasteiger partial charge in [0, 0.05) is 0 Å². The molecule has 0 aliphatic carbocycles. The fraction of sp³-hybridized carbons (Fsp3) is 0.417. The molecule has 1 aliphatic heterocycles. The zero-order valence-corrected chi connectivity index (χ0v) is 9.66. The molecular weight excluding hydrogens is 202 g/mol. The molecule has 0 fully saturated rings. The summed E-state index contributed by atoms with van der Waals surface area (Å²) < 4.78 is 5.15. The van der Waals surface area contributed by atoms with E-state index in [1.807, 2.05) is 12.1 Å². The Labute approximate surface area is 95.5 Å². The van der Waals surface area contributed by atoms with Crippen LogP contribution in [0, 0.1) is 0 Å². The summed E-state index contributed by atoms with van der Waals surface area (Å²) in [5, 5.41) is 3.26. The number of nitrogens with two attached hydrogens (primary N) is 1. The quantitative estimate of drug-likeness (QED) is 0.803. The number of rotatable bonds is 3. The van der Waals surface area contributed by atoms with E-state index in [0.717, 1.165) is 12.2 Å². The van der Waals surface area contributed by atoms with Crippen LogP contribution in [0.3, 0.4) is 0 Å². The van der Waals surface area contributed by atoms with E-state index < -0.39 is 0 Å². The smallest absolute Gasteiger partial charge is 0.189 e. The highest BCUT2D eigenvalue weighted by molar-refractivity contribution is 5.81. The number of benzene rings is 1. The van der Waals surface area contributed by atoms with Gasteiger partial charge in [-0.1, -0.05) is 19.1 Å². The van der Waals surface area contributed by atoms with Crippen LogP contribution >= 0.6 is 0 Å². The maximum Gasteiger partial charge on any atom is 0.189 e. The standard InChI is InChI=1S/C12H17N3O/c1-3-12(8-14-11(13)15-12)9-4-6-10(16-2)7-5-9/h4-7H,3,8H2,1-2H3,(H3,13,14,15). The molecule has 4 heteroatoms. The second kappa shape index (κ2) is 4.04. The predicted molar refractivity (Wildman–Crippen MR) is 64.6 cm³/mol. The number of hydrogen-bond donors (Lipinski definition) is 2. The molecule has 1 aliphatic rings. The summed E-state index contributed by atoms with van der Waals surface area (Å²) >= 11 is 0. The lowest BCUT2D eigenvalue weighted by molar-refractivity contribution is 0.405. The predicted octanol–water partition coefficient (Wildman–Crippen LogP) is 1.22. The molecule has 0 spiro atoms. The second-order valence-corrected chi connectivity index (χ2v) is 3.99. The Hall–Kier alpha value is -1.71. The van der Waals surface area contributed by atoms with E-state index in [1.54, 1.807) is 7.11 Å². The molecule has 4 nitrogen and oxygen atoms in total. The average molecular weight is 219 g/mol. The highest BCUT2D eigenvalue weighted by Crippen LogP contribution is 2.29. The first kappa shape index (κ1) is 10.8. The lowest BCUT2D eigenvalue weighted by Gasteiger charge is -2.28. The van der Waals surface area contributed by atoms with Gasteiger partial charge in [0.05, 0.1) is 19.2 Å². The average Bonchev–Trinajstić information content (AvgIpc) is 2.72. The normalized spacial score (nSPS) is 23.8. The number of methoxy groups -OCH3 is 1. The molecule has 1 aromatic rings. The van der Waals surface area contributed by atoms with Crippen LogP contribution in [0.2, 0.25) is 0 Å². The van der Waals surface area contributed by atoms with Crippen LogP contribution in [0.5, 0.6) is 5.75 Å². The van der Waals surface area contributed by atoms with Crippen molar-refractivity contribution in [3.8, 4) is 5.75 Å². The van der Waals surface area contributed by atoms with Crippen LogP contribution in [-0.2, 0) is 5.54 Å². The number of hydrogen-bond acceptors (Lipinski definition) is 4. The molecule has 0 bridgehead atoms. The van der Waals surface area contributed by atoms with Gasteiger partial charge in [0.2, 0.25) is 0 Å². The van der Waals surface area contributed by atoms with E-state index in [2.05, 4.69) is 29.4 Å². The highest BCUT2D eigenvalue weighted by atomic mass is 16.5. The fourth-order valence-corrected chi connectivity index (χ4v) is 2.02. The molecule has 0 radical (unpaired) electrons. The van der Waals surface area contributed by atoms with Gasteiger partial charge in [-0.15, -0.1) is 0 Å². The Morgan fingerprint density at radius 2 is 2.12 bits per heavy atom. The monoisotopic (exact) mass is 219 g/mol. The Bertz CT molecular complexity index is 399. The zero-order valence-electron chi connectivity index (χ0n) is 9.66. The van der Waals surface area contributed by atoms with Crippen LogP contribution in [0.4, 0.5) is 0 Å². The van der Waals surface area contributed by atoms with Gasteiger partial charge < -0.3 is 15.8 Å². The van der Waals surface area contributed by atoms with E-state index >= 15 is 0 Å². The minimum atomic E-state index is -0.143. The van der Waals surface area contributed by atoms with Crippen molar-refractivity contribution in [1.82, 2.24) is 5.32 Å². The largest absolute Gasteiger partial charge is 0.497 e. The lowest BCUT2D eigenvalue weighted by Crippen LogP contribution is -2.44. The van der Waals surface area contributed by atoms with E-state index in [9.17, 15) is 0 Å². The Morgan fingerprint density at radius 3 is 2.56 bits per heavy atom. The number of guanidine groups is 1. The molecular formula is C12H17N3O. The van der Waals surface area contributed by atoms with Gasteiger partial charge in [0.25, 0.3) is 0 Å². The number of ether oxygens (including phenoxy) is 1. The molecule has 0 aromatic heterocycles. The van der Waals surface area contributed by atoms with E-state index in [4.69, 9.17) is 10.5 Å². The van der Waals surface area contributed by atoms with Gasteiger partial charge >= 0.3 is 0 Å². The van der Waals surface area contributed by atoms with Gasteiger partial charge in [0.15, 0.2) is 5.96 Å². The minimum absolute atomic E-state index is 0.143. The number of aliphatic imine (C=N–C) groups is 1.